The fourth-order valence-corrected chi connectivity index (χ4v) is 2.93. The van der Waals surface area contributed by atoms with Crippen LogP contribution in [0.25, 0.3) is 0 Å². The zero-order valence-electron chi connectivity index (χ0n) is 12.2. The number of carbonyl (C=O) groups is 2. The van der Waals surface area contributed by atoms with E-state index in [4.69, 9.17) is 0 Å². The van der Waals surface area contributed by atoms with Gasteiger partial charge in [0.15, 0.2) is 0 Å². The van der Waals surface area contributed by atoms with Crippen molar-refractivity contribution < 1.29 is 9.59 Å². The van der Waals surface area contributed by atoms with Crippen molar-refractivity contribution in [3.05, 3.63) is 0 Å². The summed E-state index contributed by atoms with van der Waals surface area (Å²) in [6.07, 6.45) is 5.52. The maximum atomic E-state index is 11.8. The van der Waals surface area contributed by atoms with E-state index in [0.29, 0.717) is 25.4 Å². The summed E-state index contributed by atoms with van der Waals surface area (Å²) in [5.41, 5.74) is 0. The Bertz CT molecular complexity index is 332. The Balaban J connectivity index is 0.00000200. The van der Waals surface area contributed by atoms with E-state index in [-0.39, 0.29) is 30.3 Å². The summed E-state index contributed by atoms with van der Waals surface area (Å²) in [6, 6.07) is 0.562. The molecule has 2 atom stereocenters. The third-order valence-electron chi connectivity index (χ3n) is 3.96. The minimum atomic E-state index is 0. The van der Waals surface area contributed by atoms with Crippen LogP contribution in [0.2, 0.25) is 0 Å². The number of hydrogen-bond donors (Lipinski definition) is 2. The average molecular weight is 304 g/mol. The van der Waals surface area contributed by atoms with Gasteiger partial charge in [-0.3, -0.25) is 9.59 Å². The van der Waals surface area contributed by atoms with Gasteiger partial charge in [0.2, 0.25) is 11.8 Å². The summed E-state index contributed by atoms with van der Waals surface area (Å²) in [6.45, 7) is 4.54. The summed E-state index contributed by atoms with van der Waals surface area (Å²) in [5.74, 6) is 0.323. The van der Waals surface area contributed by atoms with Crippen LogP contribution < -0.4 is 10.6 Å². The zero-order valence-corrected chi connectivity index (χ0v) is 13.0. The van der Waals surface area contributed by atoms with Gasteiger partial charge in [-0.15, -0.1) is 12.4 Å². The molecule has 0 bridgehead atoms. The summed E-state index contributed by atoms with van der Waals surface area (Å²) >= 11 is 0. The molecule has 2 rings (SSSR count). The van der Waals surface area contributed by atoms with Gasteiger partial charge < -0.3 is 15.5 Å². The van der Waals surface area contributed by atoms with Crippen LogP contribution in [0.1, 0.15) is 45.4 Å². The third-order valence-corrected chi connectivity index (χ3v) is 3.96. The topological polar surface area (TPSA) is 61.4 Å². The van der Waals surface area contributed by atoms with Crippen LogP contribution in [0, 0.1) is 0 Å². The van der Waals surface area contributed by atoms with Crippen LogP contribution in [0.15, 0.2) is 0 Å². The van der Waals surface area contributed by atoms with E-state index in [1.54, 1.807) is 0 Å². The van der Waals surface area contributed by atoms with Gasteiger partial charge in [-0.05, 0) is 39.2 Å². The molecule has 0 aliphatic carbocycles. The first-order valence-corrected chi connectivity index (χ1v) is 7.45. The molecule has 0 saturated carbocycles. The van der Waals surface area contributed by atoms with E-state index in [9.17, 15) is 9.59 Å². The maximum Gasteiger partial charge on any atom is 0.222 e. The van der Waals surface area contributed by atoms with E-state index >= 15 is 0 Å². The molecule has 2 aliphatic rings. The van der Waals surface area contributed by atoms with Crippen LogP contribution in [-0.4, -0.2) is 48.4 Å². The first-order chi connectivity index (χ1) is 9.15. The molecule has 2 saturated heterocycles. The SMILES string of the molecule is CC(CN1CCCC1=O)NC(=O)CCC1CCCN1.Cl. The van der Waals surface area contributed by atoms with Crippen molar-refractivity contribution in [2.45, 2.75) is 57.5 Å². The minimum Gasteiger partial charge on any atom is -0.352 e. The molecule has 0 spiro atoms. The van der Waals surface area contributed by atoms with Crippen molar-refractivity contribution in [1.82, 2.24) is 15.5 Å². The molecule has 2 unspecified atom stereocenters. The Morgan fingerprint density at radius 1 is 1.50 bits per heavy atom. The van der Waals surface area contributed by atoms with E-state index in [1.165, 1.54) is 12.8 Å². The van der Waals surface area contributed by atoms with Crippen molar-refractivity contribution in [2.75, 3.05) is 19.6 Å². The van der Waals surface area contributed by atoms with Gasteiger partial charge in [-0.1, -0.05) is 0 Å². The molecule has 6 heteroatoms. The fraction of sp³-hybridized carbons (Fsp3) is 0.857. The van der Waals surface area contributed by atoms with Gasteiger partial charge in [0, 0.05) is 38.0 Å². The highest BCUT2D eigenvalue weighted by Gasteiger charge is 2.22. The number of amides is 2. The van der Waals surface area contributed by atoms with Gasteiger partial charge in [-0.25, -0.2) is 0 Å². The lowest BCUT2D eigenvalue weighted by Gasteiger charge is -2.22. The lowest BCUT2D eigenvalue weighted by Crippen LogP contribution is -2.42. The van der Waals surface area contributed by atoms with Gasteiger partial charge in [-0.2, -0.15) is 0 Å². The zero-order chi connectivity index (χ0) is 13.7. The van der Waals surface area contributed by atoms with Crippen LogP contribution in [-0.2, 0) is 9.59 Å². The number of likely N-dealkylation sites (tertiary alicyclic amines) is 1. The first kappa shape index (κ1) is 17.2. The van der Waals surface area contributed by atoms with Gasteiger partial charge >= 0.3 is 0 Å². The van der Waals surface area contributed by atoms with Crippen LogP contribution in [0.4, 0.5) is 0 Å². The Kier molecular flexibility index (Phi) is 7.30. The Morgan fingerprint density at radius 3 is 2.90 bits per heavy atom. The second-order valence-electron chi connectivity index (χ2n) is 5.74. The highest BCUT2D eigenvalue weighted by molar-refractivity contribution is 5.85. The second-order valence-corrected chi connectivity index (χ2v) is 5.74. The molecule has 0 aromatic carbocycles. The predicted molar refractivity (Wildman–Crippen MR) is 80.9 cm³/mol. The maximum absolute atomic E-state index is 11.8. The Labute approximate surface area is 127 Å². The number of nitrogens with one attached hydrogen (secondary N) is 2. The lowest BCUT2D eigenvalue weighted by molar-refractivity contribution is -0.129. The molecule has 20 heavy (non-hydrogen) atoms. The quantitative estimate of drug-likeness (QED) is 0.771. The van der Waals surface area contributed by atoms with Gasteiger partial charge in [0.25, 0.3) is 0 Å². The number of rotatable bonds is 6. The van der Waals surface area contributed by atoms with Crippen LogP contribution in [0.3, 0.4) is 0 Å². The Morgan fingerprint density at radius 2 is 2.30 bits per heavy atom. The van der Waals surface area contributed by atoms with E-state index in [2.05, 4.69) is 10.6 Å². The van der Waals surface area contributed by atoms with Crippen LogP contribution in [0.5, 0.6) is 0 Å². The van der Waals surface area contributed by atoms with Crippen molar-refractivity contribution >= 4 is 24.2 Å². The molecule has 2 fully saturated rings. The van der Waals surface area contributed by atoms with Gasteiger partial charge in [0.1, 0.15) is 0 Å². The molecule has 0 radical (unpaired) electrons. The Hall–Kier alpha value is -0.810. The number of carbonyl (C=O) groups excluding carboxylic acids is 2. The summed E-state index contributed by atoms with van der Waals surface area (Å²) < 4.78 is 0. The van der Waals surface area contributed by atoms with E-state index in [1.807, 2.05) is 11.8 Å². The van der Waals surface area contributed by atoms with Crippen molar-refractivity contribution in [3.63, 3.8) is 0 Å². The molecule has 2 heterocycles. The fourth-order valence-electron chi connectivity index (χ4n) is 2.93. The summed E-state index contributed by atoms with van der Waals surface area (Å²) in [4.78, 5) is 25.2. The summed E-state index contributed by atoms with van der Waals surface area (Å²) in [5, 5.41) is 6.39. The molecule has 2 aliphatic heterocycles. The molecule has 116 valence electrons. The number of hydrogen-bond acceptors (Lipinski definition) is 3. The van der Waals surface area contributed by atoms with Crippen molar-refractivity contribution in [3.8, 4) is 0 Å². The predicted octanol–water partition coefficient (Wildman–Crippen LogP) is 1.07. The van der Waals surface area contributed by atoms with Crippen molar-refractivity contribution in [1.29, 1.82) is 0 Å². The first-order valence-electron chi connectivity index (χ1n) is 7.45. The third kappa shape index (κ3) is 5.29. The molecule has 0 aromatic rings. The molecular formula is C14H26ClN3O2. The highest BCUT2D eigenvalue weighted by Crippen LogP contribution is 2.11. The molecular weight excluding hydrogens is 278 g/mol. The molecule has 0 aromatic heterocycles. The lowest BCUT2D eigenvalue weighted by atomic mass is 10.1. The smallest absolute Gasteiger partial charge is 0.222 e. The normalized spacial score (nSPS) is 23.6. The molecule has 2 amide bonds. The van der Waals surface area contributed by atoms with Crippen molar-refractivity contribution in [2.24, 2.45) is 0 Å². The standard InChI is InChI=1S/C14H25N3O2.ClH/c1-11(10-17-9-3-5-14(17)19)16-13(18)7-6-12-4-2-8-15-12;/h11-12,15H,2-10H2,1H3,(H,16,18);1H. The largest absolute Gasteiger partial charge is 0.352 e. The average Bonchev–Trinajstić information content (AvgIpc) is 2.99. The molecule has 5 nitrogen and oxygen atoms in total. The number of halogens is 1. The second kappa shape index (κ2) is 8.47. The molecule has 2 N–H and O–H groups in total. The highest BCUT2D eigenvalue weighted by atomic mass is 35.5. The number of nitrogens with zero attached hydrogens (tertiary/aromatic N) is 1. The van der Waals surface area contributed by atoms with Crippen LogP contribution >= 0.6 is 12.4 Å². The summed E-state index contributed by atoms with van der Waals surface area (Å²) in [7, 11) is 0. The minimum absolute atomic E-state index is 0. The van der Waals surface area contributed by atoms with E-state index < -0.39 is 0 Å². The monoisotopic (exact) mass is 303 g/mol. The van der Waals surface area contributed by atoms with E-state index in [0.717, 1.165) is 25.9 Å². The van der Waals surface area contributed by atoms with Gasteiger partial charge in [0.05, 0.1) is 0 Å².